The van der Waals surface area contributed by atoms with E-state index in [1.807, 2.05) is 24.3 Å². The van der Waals surface area contributed by atoms with Crippen LogP contribution in [0.5, 0.6) is 23.0 Å². The first-order valence-corrected chi connectivity index (χ1v) is 7.27. The van der Waals surface area contributed by atoms with Gasteiger partial charge in [-0.1, -0.05) is 6.07 Å². The lowest BCUT2D eigenvalue weighted by molar-refractivity contribution is 0.356. The number of ether oxygens (including phenoxy) is 3. The third kappa shape index (κ3) is 2.62. The van der Waals surface area contributed by atoms with Crippen LogP contribution in [-0.4, -0.2) is 31.4 Å². The zero-order valence-electron chi connectivity index (χ0n) is 13.7. The van der Waals surface area contributed by atoms with Crippen molar-refractivity contribution in [3.8, 4) is 34.3 Å². The molecule has 0 aliphatic rings. The number of phenolic OH excluding ortho intramolecular Hbond substituents is 1. The van der Waals surface area contributed by atoms with E-state index >= 15 is 0 Å². The molecular weight excluding hydrogens is 308 g/mol. The normalized spacial score (nSPS) is 10.6. The summed E-state index contributed by atoms with van der Waals surface area (Å²) in [6, 6.07) is 10.6. The van der Waals surface area contributed by atoms with Gasteiger partial charge in [0.05, 0.1) is 32.5 Å². The van der Waals surface area contributed by atoms with Gasteiger partial charge in [0, 0.05) is 28.8 Å². The molecule has 3 aromatic rings. The zero-order chi connectivity index (χ0) is 17.3. The van der Waals surface area contributed by atoms with Crippen molar-refractivity contribution < 1.29 is 19.3 Å². The molecule has 1 heterocycles. The van der Waals surface area contributed by atoms with Gasteiger partial charge in [0.25, 0.3) is 0 Å². The second-order valence-electron chi connectivity index (χ2n) is 5.21. The number of rotatable bonds is 4. The summed E-state index contributed by atoms with van der Waals surface area (Å²) >= 11 is 0. The maximum Gasteiger partial charge on any atom is 0.162 e. The highest BCUT2D eigenvalue weighted by molar-refractivity contribution is 5.87. The van der Waals surface area contributed by atoms with E-state index in [9.17, 15) is 5.11 Å². The number of nitrogens with zero attached hydrogens (tertiary/aromatic N) is 1. The molecule has 0 saturated carbocycles. The molecule has 0 radical (unpaired) electrons. The highest BCUT2D eigenvalue weighted by Crippen LogP contribution is 2.37. The van der Waals surface area contributed by atoms with Gasteiger partial charge >= 0.3 is 0 Å². The van der Waals surface area contributed by atoms with E-state index in [-0.39, 0.29) is 5.75 Å². The average molecular weight is 326 g/mol. The fourth-order valence-corrected chi connectivity index (χ4v) is 2.57. The molecule has 124 valence electrons. The fourth-order valence-electron chi connectivity index (χ4n) is 2.57. The summed E-state index contributed by atoms with van der Waals surface area (Å²) < 4.78 is 15.8. The minimum Gasteiger partial charge on any atom is -0.504 e. The molecule has 3 N–H and O–H groups in total. The number of hydrogen-bond donors (Lipinski definition) is 2. The van der Waals surface area contributed by atoms with Crippen molar-refractivity contribution in [2.45, 2.75) is 0 Å². The van der Waals surface area contributed by atoms with Gasteiger partial charge in [-0.25, -0.2) is 4.98 Å². The summed E-state index contributed by atoms with van der Waals surface area (Å²) in [7, 11) is 4.66. The molecule has 1 aromatic heterocycles. The number of methoxy groups -OCH3 is 3. The standard InChI is InChI=1S/C18H18N2O4/c1-22-16-7-11(12(19)8-15(16)21)13-5-4-10-6-17(23-2)18(24-3)9-14(10)20-13/h4-9,21H,19H2,1-3H3. The molecule has 0 aliphatic carbocycles. The van der Waals surface area contributed by atoms with Crippen molar-refractivity contribution in [1.82, 2.24) is 4.98 Å². The first-order valence-electron chi connectivity index (χ1n) is 7.27. The number of aromatic hydroxyl groups is 1. The van der Waals surface area contributed by atoms with Crippen molar-refractivity contribution >= 4 is 16.6 Å². The van der Waals surface area contributed by atoms with Crippen LogP contribution >= 0.6 is 0 Å². The van der Waals surface area contributed by atoms with Crippen LogP contribution in [0, 0.1) is 0 Å². The third-order valence-corrected chi connectivity index (χ3v) is 3.82. The molecule has 0 bridgehead atoms. The SMILES string of the molecule is COc1cc(-c2ccc3cc(OC)c(OC)cc3n2)c(N)cc1O. The van der Waals surface area contributed by atoms with Gasteiger partial charge in [0.2, 0.25) is 0 Å². The quantitative estimate of drug-likeness (QED) is 0.716. The van der Waals surface area contributed by atoms with Crippen molar-refractivity contribution in [1.29, 1.82) is 0 Å². The van der Waals surface area contributed by atoms with Crippen LogP contribution in [0.25, 0.3) is 22.2 Å². The Balaban J connectivity index is 2.18. The number of hydrogen-bond acceptors (Lipinski definition) is 6. The summed E-state index contributed by atoms with van der Waals surface area (Å²) in [6.45, 7) is 0. The minimum atomic E-state index is -0.00838. The summed E-state index contributed by atoms with van der Waals surface area (Å²) in [5.41, 5.74) is 8.54. The Morgan fingerprint density at radius 1 is 0.875 bits per heavy atom. The molecule has 24 heavy (non-hydrogen) atoms. The van der Waals surface area contributed by atoms with Gasteiger partial charge in [-0.05, 0) is 18.2 Å². The lowest BCUT2D eigenvalue weighted by Gasteiger charge is -2.12. The second-order valence-corrected chi connectivity index (χ2v) is 5.21. The van der Waals surface area contributed by atoms with Crippen LogP contribution in [0.4, 0.5) is 5.69 Å². The maximum absolute atomic E-state index is 9.80. The molecule has 0 spiro atoms. The average Bonchev–Trinajstić information content (AvgIpc) is 2.60. The smallest absolute Gasteiger partial charge is 0.162 e. The van der Waals surface area contributed by atoms with Crippen LogP contribution in [0.1, 0.15) is 0 Å². The Labute approximate surface area is 139 Å². The largest absolute Gasteiger partial charge is 0.504 e. The van der Waals surface area contributed by atoms with E-state index in [2.05, 4.69) is 4.98 Å². The molecule has 6 nitrogen and oxygen atoms in total. The van der Waals surface area contributed by atoms with E-state index in [1.54, 1.807) is 20.3 Å². The number of fused-ring (bicyclic) bond motifs is 1. The minimum absolute atomic E-state index is 0.00838. The predicted octanol–water partition coefficient (Wildman–Crippen LogP) is 3.22. The Bertz CT molecular complexity index is 909. The van der Waals surface area contributed by atoms with Crippen molar-refractivity contribution in [2.75, 3.05) is 27.1 Å². The first-order chi connectivity index (χ1) is 11.6. The summed E-state index contributed by atoms with van der Waals surface area (Å²) in [6.07, 6.45) is 0. The third-order valence-electron chi connectivity index (χ3n) is 3.82. The highest BCUT2D eigenvalue weighted by Gasteiger charge is 2.13. The Morgan fingerprint density at radius 3 is 2.21 bits per heavy atom. The number of anilines is 1. The molecule has 0 unspecified atom stereocenters. The molecule has 0 atom stereocenters. The molecule has 6 heteroatoms. The first kappa shape index (κ1) is 15.7. The van der Waals surface area contributed by atoms with E-state index < -0.39 is 0 Å². The maximum atomic E-state index is 9.80. The molecule has 0 aliphatic heterocycles. The predicted molar refractivity (Wildman–Crippen MR) is 92.9 cm³/mol. The van der Waals surface area contributed by atoms with Crippen molar-refractivity contribution in [3.63, 3.8) is 0 Å². The van der Waals surface area contributed by atoms with Crippen molar-refractivity contribution in [3.05, 3.63) is 36.4 Å². The molecule has 2 aromatic carbocycles. The molecule has 0 fully saturated rings. The Kier molecular flexibility index (Phi) is 4.04. The number of benzene rings is 2. The van der Waals surface area contributed by atoms with E-state index in [0.29, 0.717) is 34.2 Å². The van der Waals surface area contributed by atoms with Gasteiger partial charge in [-0.3, -0.25) is 0 Å². The molecule has 3 rings (SSSR count). The number of nitrogens with two attached hydrogens (primary N) is 1. The number of nitrogen functional groups attached to an aromatic ring is 1. The summed E-state index contributed by atoms with van der Waals surface area (Å²) in [5, 5.41) is 10.7. The molecule has 0 amide bonds. The number of pyridine rings is 1. The van der Waals surface area contributed by atoms with Gasteiger partial charge in [-0.2, -0.15) is 0 Å². The van der Waals surface area contributed by atoms with Crippen LogP contribution in [0.15, 0.2) is 36.4 Å². The van der Waals surface area contributed by atoms with Crippen LogP contribution in [0.3, 0.4) is 0 Å². The highest BCUT2D eigenvalue weighted by atomic mass is 16.5. The van der Waals surface area contributed by atoms with Gasteiger partial charge in [0.1, 0.15) is 0 Å². The lowest BCUT2D eigenvalue weighted by Crippen LogP contribution is -1.95. The number of phenols is 1. The van der Waals surface area contributed by atoms with Crippen molar-refractivity contribution in [2.24, 2.45) is 0 Å². The van der Waals surface area contributed by atoms with Gasteiger partial charge < -0.3 is 25.1 Å². The second kappa shape index (κ2) is 6.16. The zero-order valence-corrected chi connectivity index (χ0v) is 13.7. The molecule has 0 saturated heterocycles. The van der Waals surface area contributed by atoms with Crippen LogP contribution in [-0.2, 0) is 0 Å². The molecular formula is C18H18N2O4. The van der Waals surface area contributed by atoms with Crippen LogP contribution < -0.4 is 19.9 Å². The topological polar surface area (TPSA) is 86.8 Å². The number of aromatic nitrogens is 1. The monoisotopic (exact) mass is 326 g/mol. The van der Waals surface area contributed by atoms with Gasteiger partial charge in [-0.15, -0.1) is 0 Å². The van der Waals surface area contributed by atoms with E-state index in [4.69, 9.17) is 19.9 Å². The van der Waals surface area contributed by atoms with Gasteiger partial charge in [0.15, 0.2) is 23.0 Å². The lowest BCUT2D eigenvalue weighted by atomic mass is 10.1. The van der Waals surface area contributed by atoms with Crippen LogP contribution in [0.2, 0.25) is 0 Å². The summed E-state index contributed by atoms with van der Waals surface area (Å²) in [5.74, 6) is 1.58. The Hall–Kier alpha value is -3.15. The summed E-state index contributed by atoms with van der Waals surface area (Å²) in [4.78, 5) is 4.64. The fraction of sp³-hybridized carbons (Fsp3) is 0.167. The Morgan fingerprint density at radius 2 is 1.54 bits per heavy atom. The van der Waals surface area contributed by atoms with E-state index in [1.165, 1.54) is 13.2 Å². The van der Waals surface area contributed by atoms with E-state index in [0.717, 1.165) is 10.9 Å².